The van der Waals surface area contributed by atoms with Gasteiger partial charge in [-0.1, -0.05) is 6.92 Å². The van der Waals surface area contributed by atoms with Gasteiger partial charge in [0.25, 0.3) is 0 Å². The van der Waals surface area contributed by atoms with E-state index in [1.54, 1.807) is 6.92 Å². The molecule has 1 aliphatic heterocycles. The smallest absolute Gasteiger partial charge is 0.345 e. The molecule has 0 aromatic rings. The Balaban J connectivity index is 2.47. The van der Waals surface area contributed by atoms with Gasteiger partial charge in [0, 0.05) is 6.42 Å². The molecule has 0 bridgehead atoms. The summed E-state index contributed by atoms with van der Waals surface area (Å²) in [5.41, 5.74) is 0. The van der Waals surface area contributed by atoms with Gasteiger partial charge < -0.3 is 15.2 Å². The Morgan fingerprint density at radius 3 is 2.73 bits per heavy atom. The molecule has 1 rings (SSSR count). The van der Waals surface area contributed by atoms with Gasteiger partial charge in [-0.25, -0.2) is 9.59 Å². The normalized spacial score (nSPS) is 21.9. The molecule has 1 unspecified atom stereocenters. The number of hydrogen-bond acceptors (Lipinski definition) is 4. The van der Waals surface area contributed by atoms with Crippen LogP contribution in [0.25, 0.3) is 0 Å². The molecule has 1 amide bonds. The zero-order valence-electron chi connectivity index (χ0n) is 8.36. The first kappa shape index (κ1) is 11.5. The second kappa shape index (κ2) is 4.77. The second-order valence-corrected chi connectivity index (χ2v) is 3.33. The van der Waals surface area contributed by atoms with Crippen molar-refractivity contribution in [3.8, 4) is 0 Å². The number of nitrogens with one attached hydrogen (secondary N) is 1. The van der Waals surface area contributed by atoms with Gasteiger partial charge in [0.15, 0.2) is 6.10 Å². The van der Waals surface area contributed by atoms with Crippen LogP contribution in [-0.2, 0) is 19.1 Å². The Morgan fingerprint density at radius 2 is 2.33 bits per heavy atom. The molecule has 2 N–H and O–H groups in total. The van der Waals surface area contributed by atoms with Gasteiger partial charge in [0.05, 0.1) is 0 Å². The van der Waals surface area contributed by atoms with E-state index in [-0.39, 0.29) is 18.7 Å². The van der Waals surface area contributed by atoms with Crippen molar-refractivity contribution in [2.45, 2.75) is 38.3 Å². The molecule has 15 heavy (non-hydrogen) atoms. The van der Waals surface area contributed by atoms with Gasteiger partial charge in [-0.05, 0) is 12.8 Å². The number of rotatable bonds is 4. The summed E-state index contributed by atoms with van der Waals surface area (Å²) >= 11 is 0. The summed E-state index contributed by atoms with van der Waals surface area (Å²) in [5, 5.41) is 11.1. The Kier molecular flexibility index (Phi) is 3.65. The molecule has 1 fully saturated rings. The molecule has 6 heteroatoms. The fourth-order valence-electron chi connectivity index (χ4n) is 1.32. The lowest BCUT2D eigenvalue weighted by Gasteiger charge is -2.14. The SMILES string of the molecule is CCC(OC(=O)[C@@H]1CCC(=O)N1)C(=O)O. The molecule has 0 aromatic carbocycles. The van der Waals surface area contributed by atoms with E-state index >= 15 is 0 Å². The van der Waals surface area contributed by atoms with Crippen molar-refractivity contribution < 1.29 is 24.2 Å². The van der Waals surface area contributed by atoms with Crippen molar-refractivity contribution in [2.24, 2.45) is 0 Å². The van der Waals surface area contributed by atoms with Crippen molar-refractivity contribution in [3.05, 3.63) is 0 Å². The highest BCUT2D eigenvalue weighted by Gasteiger charge is 2.31. The molecule has 1 saturated heterocycles. The predicted octanol–water partition coefficient (Wildman–Crippen LogP) is -0.329. The number of ether oxygens (including phenoxy) is 1. The van der Waals surface area contributed by atoms with Crippen LogP contribution in [0.4, 0.5) is 0 Å². The van der Waals surface area contributed by atoms with E-state index in [9.17, 15) is 14.4 Å². The first-order valence-corrected chi connectivity index (χ1v) is 4.77. The quantitative estimate of drug-likeness (QED) is 0.626. The number of amides is 1. The average Bonchev–Trinajstić information content (AvgIpc) is 2.60. The van der Waals surface area contributed by atoms with Crippen molar-refractivity contribution in [3.63, 3.8) is 0 Å². The number of carboxylic acids is 1. The van der Waals surface area contributed by atoms with Gasteiger partial charge in [-0.3, -0.25) is 4.79 Å². The van der Waals surface area contributed by atoms with Crippen LogP contribution >= 0.6 is 0 Å². The van der Waals surface area contributed by atoms with E-state index in [0.29, 0.717) is 6.42 Å². The van der Waals surface area contributed by atoms with Crippen molar-refractivity contribution in [1.29, 1.82) is 0 Å². The minimum atomic E-state index is -1.17. The summed E-state index contributed by atoms with van der Waals surface area (Å²) in [7, 11) is 0. The summed E-state index contributed by atoms with van der Waals surface area (Å²) < 4.78 is 4.74. The molecule has 6 nitrogen and oxygen atoms in total. The van der Waals surface area contributed by atoms with Crippen LogP contribution in [0.1, 0.15) is 26.2 Å². The molecule has 84 valence electrons. The minimum Gasteiger partial charge on any atom is -0.479 e. The third-order valence-electron chi connectivity index (χ3n) is 2.18. The fraction of sp³-hybridized carbons (Fsp3) is 0.667. The first-order chi connectivity index (χ1) is 7.04. The van der Waals surface area contributed by atoms with Gasteiger partial charge in [-0.2, -0.15) is 0 Å². The van der Waals surface area contributed by atoms with Crippen molar-refractivity contribution in [2.75, 3.05) is 0 Å². The van der Waals surface area contributed by atoms with Crippen LogP contribution in [0.3, 0.4) is 0 Å². The van der Waals surface area contributed by atoms with Gasteiger partial charge >= 0.3 is 11.9 Å². The molecule has 0 radical (unpaired) electrons. The van der Waals surface area contributed by atoms with Crippen molar-refractivity contribution >= 4 is 17.8 Å². The summed E-state index contributed by atoms with van der Waals surface area (Å²) in [5.74, 6) is -2.05. The number of carbonyl (C=O) groups excluding carboxylic acids is 2. The highest BCUT2D eigenvalue weighted by Crippen LogP contribution is 2.10. The maximum atomic E-state index is 11.4. The minimum absolute atomic E-state index is 0.208. The largest absolute Gasteiger partial charge is 0.479 e. The summed E-state index contributed by atoms with van der Waals surface area (Å²) in [4.78, 5) is 32.8. The van der Waals surface area contributed by atoms with Crippen LogP contribution in [0.15, 0.2) is 0 Å². The van der Waals surface area contributed by atoms with Gasteiger partial charge in [0.1, 0.15) is 6.04 Å². The van der Waals surface area contributed by atoms with Gasteiger partial charge in [-0.15, -0.1) is 0 Å². The third kappa shape index (κ3) is 2.93. The number of carbonyl (C=O) groups is 3. The van der Waals surface area contributed by atoms with Crippen LogP contribution in [0, 0.1) is 0 Å². The lowest BCUT2D eigenvalue weighted by atomic mass is 10.2. The van der Waals surface area contributed by atoms with E-state index < -0.39 is 24.1 Å². The second-order valence-electron chi connectivity index (χ2n) is 3.33. The first-order valence-electron chi connectivity index (χ1n) is 4.77. The van der Waals surface area contributed by atoms with Crippen molar-refractivity contribution in [1.82, 2.24) is 5.32 Å². The molecule has 0 aliphatic carbocycles. The Bertz CT molecular complexity index is 288. The number of aliphatic carboxylic acids is 1. The maximum Gasteiger partial charge on any atom is 0.345 e. The maximum absolute atomic E-state index is 11.4. The molecule has 1 heterocycles. The number of hydrogen-bond donors (Lipinski definition) is 2. The number of carboxylic acid groups (broad SMARTS) is 1. The fourth-order valence-corrected chi connectivity index (χ4v) is 1.32. The molecule has 2 atom stereocenters. The standard InChI is InChI=1S/C9H13NO5/c1-2-6(8(12)13)15-9(14)5-3-4-7(11)10-5/h5-6H,2-4H2,1H3,(H,10,11)(H,12,13)/t5-,6?/m0/s1. The predicted molar refractivity (Wildman–Crippen MR) is 49.0 cm³/mol. The van der Waals surface area contributed by atoms with E-state index in [2.05, 4.69) is 5.32 Å². The number of esters is 1. The Hall–Kier alpha value is -1.59. The summed E-state index contributed by atoms with van der Waals surface area (Å²) in [6, 6.07) is -0.689. The Labute approximate surface area is 86.6 Å². The Morgan fingerprint density at radius 1 is 1.67 bits per heavy atom. The van der Waals surface area contributed by atoms with Crippen LogP contribution in [0.5, 0.6) is 0 Å². The van der Waals surface area contributed by atoms with E-state index in [1.807, 2.05) is 0 Å². The van der Waals surface area contributed by atoms with E-state index in [1.165, 1.54) is 0 Å². The topological polar surface area (TPSA) is 92.7 Å². The van der Waals surface area contributed by atoms with Gasteiger partial charge in [0.2, 0.25) is 5.91 Å². The molecular formula is C9H13NO5. The van der Waals surface area contributed by atoms with E-state index in [4.69, 9.17) is 9.84 Å². The summed E-state index contributed by atoms with van der Waals surface area (Å²) in [6.45, 7) is 1.61. The molecule has 0 spiro atoms. The van der Waals surface area contributed by atoms with Crippen LogP contribution < -0.4 is 5.32 Å². The van der Waals surface area contributed by atoms with E-state index in [0.717, 1.165) is 0 Å². The molecule has 1 aliphatic rings. The zero-order chi connectivity index (χ0) is 11.4. The van der Waals surface area contributed by atoms with Crippen LogP contribution in [-0.4, -0.2) is 35.1 Å². The zero-order valence-corrected chi connectivity index (χ0v) is 8.36. The summed E-state index contributed by atoms with van der Waals surface area (Å²) in [6.07, 6.45) is -0.269. The highest BCUT2D eigenvalue weighted by molar-refractivity contribution is 5.89. The lowest BCUT2D eigenvalue weighted by molar-refractivity contribution is -0.165. The monoisotopic (exact) mass is 215 g/mol. The highest BCUT2D eigenvalue weighted by atomic mass is 16.6. The lowest BCUT2D eigenvalue weighted by Crippen LogP contribution is -2.38. The molecule has 0 aromatic heterocycles. The molecule has 0 saturated carbocycles. The van der Waals surface area contributed by atoms with Crippen LogP contribution in [0.2, 0.25) is 0 Å². The third-order valence-corrected chi connectivity index (χ3v) is 2.18. The average molecular weight is 215 g/mol. The molecular weight excluding hydrogens is 202 g/mol.